The zero-order valence-electron chi connectivity index (χ0n) is 32.7. The second-order valence-corrected chi connectivity index (χ2v) is 23.3. The Morgan fingerprint density at radius 1 is 1.11 bits per heavy atom. The number of sulfonamides is 1. The summed E-state index contributed by atoms with van der Waals surface area (Å²) in [5.74, 6) is -2.43. The minimum atomic E-state index is -4.65. The van der Waals surface area contributed by atoms with Gasteiger partial charge in [0.25, 0.3) is 5.69 Å². The summed E-state index contributed by atoms with van der Waals surface area (Å²) in [6.45, 7) is 16.0. The van der Waals surface area contributed by atoms with Crippen molar-refractivity contribution in [3.63, 3.8) is 0 Å². The van der Waals surface area contributed by atoms with Crippen molar-refractivity contribution in [2.45, 2.75) is 127 Å². The van der Waals surface area contributed by atoms with Gasteiger partial charge >= 0.3 is 12.1 Å². The summed E-state index contributed by atoms with van der Waals surface area (Å²) in [5.41, 5.74) is -3.00. The Balaban J connectivity index is 1.84. The molecule has 0 bridgehead atoms. The van der Waals surface area contributed by atoms with Gasteiger partial charge in [0, 0.05) is 38.0 Å². The molecule has 0 radical (unpaired) electrons. The molecular formula is C36H55N5O11SSi. The number of nitrogens with zero attached hydrogens (tertiary/aromatic N) is 3. The summed E-state index contributed by atoms with van der Waals surface area (Å²) >= 11 is 0. The Labute approximate surface area is 318 Å². The van der Waals surface area contributed by atoms with Crippen LogP contribution in [-0.2, 0) is 38.3 Å². The second kappa shape index (κ2) is 16.1. The van der Waals surface area contributed by atoms with E-state index in [1.165, 1.54) is 17.0 Å². The van der Waals surface area contributed by atoms with E-state index in [-0.39, 0.29) is 44.0 Å². The number of para-hydroxylation sites is 1. The van der Waals surface area contributed by atoms with Crippen LogP contribution < -0.4 is 10.6 Å². The van der Waals surface area contributed by atoms with E-state index >= 15 is 0 Å². The first kappa shape index (κ1) is 42.9. The lowest BCUT2D eigenvalue weighted by atomic mass is 10.1. The van der Waals surface area contributed by atoms with Crippen molar-refractivity contribution in [2.24, 2.45) is 5.92 Å². The van der Waals surface area contributed by atoms with E-state index in [1.807, 2.05) is 13.1 Å². The van der Waals surface area contributed by atoms with Gasteiger partial charge in [0.1, 0.15) is 23.2 Å². The smallest absolute Gasteiger partial charge is 0.408 e. The number of esters is 1. The number of hydrogen-bond acceptors (Lipinski definition) is 11. The molecule has 5 atom stereocenters. The van der Waals surface area contributed by atoms with Crippen molar-refractivity contribution in [1.82, 2.24) is 19.8 Å². The Kier molecular flexibility index (Phi) is 12.8. The fourth-order valence-electron chi connectivity index (χ4n) is 6.44. The predicted molar refractivity (Wildman–Crippen MR) is 201 cm³/mol. The maximum absolute atomic E-state index is 14.8. The highest BCUT2D eigenvalue weighted by Crippen LogP contribution is 2.46. The van der Waals surface area contributed by atoms with Crippen LogP contribution >= 0.6 is 0 Å². The van der Waals surface area contributed by atoms with E-state index in [0.29, 0.717) is 6.42 Å². The zero-order valence-corrected chi connectivity index (χ0v) is 34.5. The lowest BCUT2D eigenvalue weighted by Crippen LogP contribution is -2.59. The number of carbonyl (C=O) groups is 4. The molecule has 3 aliphatic rings. The summed E-state index contributed by atoms with van der Waals surface area (Å²) in [5, 5.41) is 17.2. The molecule has 4 rings (SSSR count). The van der Waals surface area contributed by atoms with Crippen LogP contribution in [0.1, 0.15) is 74.1 Å². The molecule has 1 saturated heterocycles. The quantitative estimate of drug-likeness (QED) is 0.125. The molecule has 0 aromatic heterocycles. The van der Waals surface area contributed by atoms with Crippen LogP contribution in [0.15, 0.2) is 41.3 Å². The highest BCUT2D eigenvalue weighted by molar-refractivity contribution is 7.89. The minimum absolute atomic E-state index is 0.0669. The van der Waals surface area contributed by atoms with Gasteiger partial charge in [-0.25, -0.2) is 18.0 Å². The van der Waals surface area contributed by atoms with E-state index in [9.17, 15) is 37.7 Å². The van der Waals surface area contributed by atoms with Crippen molar-refractivity contribution in [2.75, 3.05) is 26.2 Å². The van der Waals surface area contributed by atoms with Crippen molar-refractivity contribution in [1.29, 1.82) is 0 Å². The van der Waals surface area contributed by atoms with Gasteiger partial charge in [-0.3, -0.25) is 19.7 Å². The zero-order chi connectivity index (χ0) is 40.4. The first-order chi connectivity index (χ1) is 24.9. The number of hydrogen-bond donors (Lipinski definition) is 2. The molecule has 16 nitrogen and oxygen atoms in total. The average molecular weight is 794 g/mol. The lowest BCUT2D eigenvalue weighted by Gasteiger charge is -2.38. The van der Waals surface area contributed by atoms with Crippen LogP contribution in [0, 0.1) is 16.0 Å². The summed E-state index contributed by atoms with van der Waals surface area (Å²) < 4.78 is 47.1. The molecule has 1 aromatic rings. The fraction of sp³-hybridized carbons (Fsp3) is 0.667. The maximum atomic E-state index is 14.8. The molecule has 1 saturated carbocycles. The summed E-state index contributed by atoms with van der Waals surface area (Å²) in [6.07, 6.45) is 2.81. The molecule has 300 valence electrons. The predicted octanol–water partition coefficient (Wildman–Crippen LogP) is 4.26. The van der Waals surface area contributed by atoms with Crippen molar-refractivity contribution in [3.05, 3.63) is 46.5 Å². The SMILES string of the molecule is CCOC(=O)[C@@]12C[C@H]1/C=C\CCCN(S(=O)(=O)c1ccccc1[N+](=O)[O-])C[C@H](NC(=O)OC(C)(C)C)C(=O)N1C[C@H](O[Si](C)(C)C(C)(C)C)C[C@H]1C(=O)N2. The lowest BCUT2D eigenvalue weighted by molar-refractivity contribution is -0.387. The molecule has 3 amide bonds. The second-order valence-electron chi connectivity index (χ2n) is 16.6. The largest absolute Gasteiger partial charge is 0.464 e. The van der Waals surface area contributed by atoms with Gasteiger partial charge in [-0.15, -0.1) is 0 Å². The molecule has 2 heterocycles. The van der Waals surface area contributed by atoms with Crippen LogP contribution in [-0.4, -0.2) is 110 Å². The van der Waals surface area contributed by atoms with Gasteiger partial charge in [-0.2, -0.15) is 4.31 Å². The number of rotatable bonds is 8. The number of nitro groups is 1. The van der Waals surface area contributed by atoms with E-state index in [1.54, 1.807) is 39.8 Å². The van der Waals surface area contributed by atoms with Gasteiger partial charge in [-0.1, -0.05) is 45.1 Å². The monoisotopic (exact) mass is 793 g/mol. The number of amides is 3. The Bertz CT molecular complexity index is 1760. The molecular weight excluding hydrogens is 739 g/mol. The highest BCUT2D eigenvalue weighted by Gasteiger charge is 2.62. The molecule has 54 heavy (non-hydrogen) atoms. The fourth-order valence-corrected chi connectivity index (χ4v) is 9.45. The van der Waals surface area contributed by atoms with Crippen molar-refractivity contribution < 1.29 is 46.4 Å². The summed E-state index contributed by atoms with van der Waals surface area (Å²) in [4.78, 5) is 67.6. The third-order valence-corrected chi connectivity index (χ3v) is 16.8. The molecule has 1 aromatic carbocycles. The average Bonchev–Trinajstić information content (AvgIpc) is 3.58. The molecule has 0 spiro atoms. The van der Waals surface area contributed by atoms with Crippen molar-refractivity contribution >= 4 is 47.9 Å². The number of alkyl carbamates (subject to hydrolysis) is 1. The van der Waals surface area contributed by atoms with Gasteiger partial charge in [0.2, 0.25) is 21.8 Å². The first-order valence-electron chi connectivity index (χ1n) is 18.3. The standard InChI is InChI=1S/C36H55N5O11SSi/c1-10-50-32(44)36-21-24(36)16-12-11-15-19-39(53(48,49)29-18-14-13-17-27(29)41(46)47)23-26(37-33(45)51-34(2,3)4)31(43)40-22-25(20-28(40)30(42)38-36)52-54(8,9)35(5,6)7/h12-14,16-18,24-26,28H,10-11,15,19-23H2,1-9H3,(H,37,45)(H,38,42)/b16-12-/t24-,25-,26+,28+,36-/m1/s1. The highest BCUT2D eigenvalue weighted by atomic mass is 32.2. The molecule has 2 fully saturated rings. The Morgan fingerprint density at radius 3 is 2.39 bits per heavy atom. The number of fused-ring (bicyclic) bond motifs is 2. The van der Waals surface area contributed by atoms with Crippen LogP contribution in [0.3, 0.4) is 0 Å². The van der Waals surface area contributed by atoms with Crippen LogP contribution in [0.5, 0.6) is 0 Å². The van der Waals surface area contributed by atoms with Gasteiger partial charge in [0.15, 0.2) is 13.2 Å². The minimum Gasteiger partial charge on any atom is -0.464 e. The summed E-state index contributed by atoms with van der Waals surface area (Å²) in [6, 6.07) is 2.13. The number of carbonyl (C=O) groups excluding carboxylic acids is 4. The number of nitrogens with one attached hydrogen (secondary N) is 2. The number of benzene rings is 1. The Morgan fingerprint density at radius 2 is 1.78 bits per heavy atom. The topological polar surface area (TPSA) is 204 Å². The molecule has 1 aliphatic carbocycles. The third-order valence-electron chi connectivity index (χ3n) is 10.3. The van der Waals surface area contributed by atoms with E-state index in [4.69, 9.17) is 13.9 Å². The maximum Gasteiger partial charge on any atom is 0.408 e. The Hall–Kier alpha value is -3.87. The van der Waals surface area contributed by atoms with Gasteiger partial charge in [0.05, 0.1) is 17.6 Å². The molecule has 2 aliphatic heterocycles. The first-order valence-corrected chi connectivity index (χ1v) is 22.7. The molecule has 2 N–H and O–H groups in total. The van der Waals surface area contributed by atoms with E-state index in [0.717, 1.165) is 16.4 Å². The van der Waals surface area contributed by atoms with Crippen LogP contribution in [0.25, 0.3) is 0 Å². The molecule has 0 unspecified atom stereocenters. The normalized spacial score (nSPS) is 26.6. The van der Waals surface area contributed by atoms with Crippen LogP contribution in [0.4, 0.5) is 10.5 Å². The third kappa shape index (κ3) is 9.67. The number of nitro benzene ring substituents is 1. The summed E-state index contributed by atoms with van der Waals surface area (Å²) in [7, 11) is -7.10. The van der Waals surface area contributed by atoms with E-state index in [2.05, 4.69) is 31.4 Å². The van der Waals surface area contributed by atoms with E-state index < -0.39 is 99.5 Å². The number of allylic oxidation sites excluding steroid dienone is 1. The number of ether oxygens (including phenoxy) is 2. The van der Waals surface area contributed by atoms with Crippen LogP contribution in [0.2, 0.25) is 18.1 Å². The van der Waals surface area contributed by atoms with Gasteiger partial charge < -0.3 is 29.4 Å². The molecule has 18 heteroatoms. The van der Waals surface area contributed by atoms with Crippen molar-refractivity contribution in [3.8, 4) is 0 Å². The van der Waals surface area contributed by atoms with Gasteiger partial charge in [-0.05, 0) is 71.2 Å².